The molecule has 120 valence electrons. The maximum atomic E-state index is 4.44. The van der Waals surface area contributed by atoms with E-state index in [9.17, 15) is 0 Å². The largest absolute Gasteiger partial charge is 0.352 e. The fraction of sp³-hybridized carbons (Fsp3) is 0.529. The van der Waals surface area contributed by atoms with E-state index in [0.717, 1.165) is 43.9 Å². The van der Waals surface area contributed by atoms with Crippen LogP contribution in [-0.4, -0.2) is 51.2 Å². The van der Waals surface area contributed by atoms with Crippen molar-refractivity contribution in [2.75, 3.05) is 25.0 Å². The molecule has 0 aromatic carbocycles. The van der Waals surface area contributed by atoms with Gasteiger partial charge in [0.25, 0.3) is 0 Å². The van der Waals surface area contributed by atoms with Crippen molar-refractivity contribution in [1.82, 2.24) is 25.1 Å². The number of aryl methyl sites for hydroxylation is 2. The Hall–Kier alpha value is -2.08. The Morgan fingerprint density at radius 1 is 1.13 bits per heavy atom. The molecular formula is C17H22N6. The highest BCUT2D eigenvalue weighted by Crippen LogP contribution is 2.26. The van der Waals surface area contributed by atoms with Crippen LogP contribution in [-0.2, 0) is 19.4 Å². The molecule has 6 nitrogen and oxygen atoms in total. The minimum absolute atomic E-state index is 0.549. The molecule has 0 spiro atoms. The zero-order valence-electron chi connectivity index (χ0n) is 13.5. The highest BCUT2D eigenvalue weighted by molar-refractivity contribution is 5.45. The summed E-state index contributed by atoms with van der Waals surface area (Å²) in [5.74, 6) is 1.04. The van der Waals surface area contributed by atoms with E-state index in [0.29, 0.717) is 6.04 Å². The molecule has 0 amide bonds. The molecule has 1 fully saturated rings. The van der Waals surface area contributed by atoms with Crippen LogP contribution in [0.3, 0.4) is 0 Å². The molecule has 0 bridgehead atoms. The number of hydrogen-bond acceptors (Lipinski definition) is 6. The van der Waals surface area contributed by atoms with Gasteiger partial charge in [0.05, 0.1) is 5.69 Å². The van der Waals surface area contributed by atoms with Crippen LogP contribution in [0.25, 0.3) is 0 Å². The van der Waals surface area contributed by atoms with Crippen molar-refractivity contribution in [3.63, 3.8) is 0 Å². The first-order valence-corrected chi connectivity index (χ1v) is 8.34. The van der Waals surface area contributed by atoms with Crippen molar-refractivity contribution in [1.29, 1.82) is 0 Å². The highest BCUT2D eigenvalue weighted by Gasteiger charge is 2.31. The standard InChI is InChI=1S/C17H22N6/c1-22(9-13-7-18-12-19-8-13)15-10-23(11-15)17-6-14-4-2-3-5-16(14)20-21-17/h6-8,12,15H,2-5,9-11H2,1H3. The monoisotopic (exact) mass is 310 g/mol. The van der Waals surface area contributed by atoms with Crippen molar-refractivity contribution in [2.24, 2.45) is 0 Å². The molecule has 23 heavy (non-hydrogen) atoms. The molecule has 2 aromatic heterocycles. The van der Waals surface area contributed by atoms with Gasteiger partial charge in [-0.2, -0.15) is 5.10 Å². The molecule has 0 atom stereocenters. The molecule has 0 radical (unpaired) electrons. The maximum Gasteiger partial charge on any atom is 0.151 e. The summed E-state index contributed by atoms with van der Waals surface area (Å²) in [5.41, 5.74) is 3.76. The minimum Gasteiger partial charge on any atom is -0.352 e. The first-order chi connectivity index (χ1) is 11.3. The lowest BCUT2D eigenvalue weighted by molar-refractivity contribution is 0.196. The summed E-state index contributed by atoms with van der Waals surface area (Å²) in [6, 6.07) is 2.80. The molecule has 2 aliphatic rings. The summed E-state index contributed by atoms with van der Waals surface area (Å²) in [6.45, 7) is 2.91. The van der Waals surface area contributed by atoms with E-state index in [1.807, 2.05) is 12.4 Å². The van der Waals surface area contributed by atoms with Crippen LogP contribution in [0.1, 0.15) is 29.7 Å². The zero-order chi connectivity index (χ0) is 15.6. The van der Waals surface area contributed by atoms with E-state index >= 15 is 0 Å². The lowest BCUT2D eigenvalue weighted by atomic mass is 9.96. The Labute approximate surface area is 136 Å². The third-order valence-electron chi connectivity index (χ3n) is 4.91. The fourth-order valence-corrected chi connectivity index (χ4v) is 3.38. The average molecular weight is 310 g/mol. The molecule has 3 heterocycles. The molecular weight excluding hydrogens is 288 g/mol. The average Bonchev–Trinajstić information content (AvgIpc) is 2.54. The lowest BCUT2D eigenvalue weighted by Gasteiger charge is -2.44. The van der Waals surface area contributed by atoms with Crippen LogP contribution in [0.4, 0.5) is 5.82 Å². The summed E-state index contributed by atoms with van der Waals surface area (Å²) < 4.78 is 0. The molecule has 0 N–H and O–H groups in total. The van der Waals surface area contributed by atoms with E-state index in [2.05, 4.69) is 43.1 Å². The molecule has 1 aliphatic heterocycles. The first kappa shape index (κ1) is 14.5. The molecule has 0 saturated carbocycles. The van der Waals surface area contributed by atoms with Gasteiger partial charge in [-0.05, 0) is 44.4 Å². The number of rotatable bonds is 4. The Morgan fingerprint density at radius 2 is 1.91 bits per heavy atom. The third kappa shape index (κ3) is 3.03. The number of likely N-dealkylation sites (N-methyl/N-ethyl adjacent to an activating group) is 1. The normalized spacial score (nSPS) is 17.9. The van der Waals surface area contributed by atoms with Gasteiger partial charge in [-0.25, -0.2) is 9.97 Å². The van der Waals surface area contributed by atoms with Crippen molar-refractivity contribution >= 4 is 5.82 Å². The minimum atomic E-state index is 0.549. The second kappa shape index (κ2) is 6.20. The van der Waals surface area contributed by atoms with Crippen LogP contribution in [0, 0.1) is 0 Å². The van der Waals surface area contributed by atoms with E-state index in [-0.39, 0.29) is 0 Å². The number of nitrogens with zero attached hydrogens (tertiary/aromatic N) is 6. The molecule has 4 rings (SSSR count). The highest BCUT2D eigenvalue weighted by atomic mass is 15.4. The predicted molar refractivity (Wildman–Crippen MR) is 88.2 cm³/mol. The summed E-state index contributed by atoms with van der Waals surface area (Å²) in [7, 11) is 2.16. The van der Waals surface area contributed by atoms with Gasteiger partial charge >= 0.3 is 0 Å². The SMILES string of the molecule is CN(Cc1cncnc1)C1CN(c2cc3c(nn2)CCCC3)C1. The summed E-state index contributed by atoms with van der Waals surface area (Å²) >= 11 is 0. The van der Waals surface area contributed by atoms with Crippen LogP contribution < -0.4 is 4.90 Å². The predicted octanol–water partition coefficient (Wildman–Crippen LogP) is 1.47. The smallest absolute Gasteiger partial charge is 0.151 e. The number of anilines is 1. The van der Waals surface area contributed by atoms with Gasteiger partial charge in [-0.1, -0.05) is 0 Å². The third-order valence-corrected chi connectivity index (χ3v) is 4.91. The van der Waals surface area contributed by atoms with Crippen LogP contribution in [0.5, 0.6) is 0 Å². The van der Waals surface area contributed by atoms with Crippen LogP contribution in [0.15, 0.2) is 24.8 Å². The van der Waals surface area contributed by atoms with Gasteiger partial charge in [-0.3, -0.25) is 4.90 Å². The van der Waals surface area contributed by atoms with Crippen LogP contribution >= 0.6 is 0 Å². The number of hydrogen-bond donors (Lipinski definition) is 0. The molecule has 2 aromatic rings. The second-order valence-corrected chi connectivity index (χ2v) is 6.60. The Kier molecular flexibility index (Phi) is 3.91. The van der Waals surface area contributed by atoms with E-state index in [1.165, 1.54) is 24.1 Å². The van der Waals surface area contributed by atoms with Gasteiger partial charge in [-0.15, -0.1) is 5.10 Å². The first-order valence-electron chi connectivity index (χ1n) is 8.34. The zero-order valence-corrected chi connectivity index (χ0v) is 13.5. The number of fused-ring (bicyclic) bond motifs is 1. The summed E-state index contributed by atoms with van der Waals surface area (Å²) in [4.78, 5) is 12.8. The van der Waals surface area contributed by atoms with Gasteiger partial charge in [0.15, 0.2) is 5.82 Å². The van der Waals surface area contributed by atoms with Crippen LogP contribution in [0.2, 0.25) is 0 Å². The topological polar surface area (TPSA) is 58.0 Å². The Bertz CT molecular complexity index is 668. The van der Waals surface area contributed by atoms with Crippen molar-refractivity contribution in [3.8, 4) is 0 Å². The second-order valence-electron chi connectivity index (χ2n) is 6.60. The van der Waals surface area contributed by atoms with E-state index < -0.39 is 0 Å². The summed E-state index contributed by atoms with van der Waals surface area (Å²) in [6.07, 6.45) is 10.1. The number of aromatic nitrogens is 4. The lowest BCUT2D eigenvalue weighted by Crippen LogP contribution is -2.58. The quantitative estimate of drug-likeness (QED) is 0.852. The Balaban J connectivity index is 1.36. The summed E-state index contributed by atoms with van der Waals surface area (Å²) in [5, 5.41) is 8.87. The van der Waals surface area contributed by atoms with E-state index in [4.69, 9.17) is 0 Å². The Morgan fingerprint density at radius 3 is 2.74 bits per heavy atom. The van der Waals surface area contributed by atoms with Gasteiger partial charge < -0.3 is 4.90 Å². The van der Waals surface area contributed by atoms with Gasteiger partial charge in [0.2, 0.25) is 0 Å². The molecule has 6 heteroatoms. The molecule has 0 unspecified atom stereocenters. The van der Waals surface area contributed by atoms with Crippen molar-refractivity contribution < 1.29 is 0 Å². The van der Waals surface area contributed by atoms with Gasteiger partial charge in [0, 0.05) is 43.6 Å². The van der Waals surface area contributed by atoms with Crippen molar-refractivity contribution in [2.45, 2.75) is 38.3 Å². The van der Waals surface area contributed by atoms with Crippen molar-refractivity contribution in [3.05, 3.63) is 41.6 Å². The molecule has 1 aliphatic carbocycles. The maximum absolute atomic E-state index is 4.44. The van der Waals surface area contributed by atoms with Gasteiger partial charge in [0.1, 0.15) is 6.33 Å². The fourth-order valence-electron chi connectivity index (χ4n) is 3.38. The molecule has 1 saturated heterocycles. The van der Waals surface area contributed by atoms with E-state index in [1.54, 1.807) is 6.33 Å².